The third kappa shape index (κ3) is 1.66. The Kier molecular flexibility index (Phi) is 2.40. The molecule has 0 saturated carbocycles. The fraction of sp³-hybridized carbons (Fsp3) is 0.636. The zero-order chi connectivity index (χ0) is 11.9. The lowest BCUT2D eigenvalue weighted by atomic mass is 9.86. The smallest absolute Gasteiger partial charge is 0.356 e. The lowest BCUT2D eigenvalue weighted by Gasteiger charge is -2.23. The minimum absolute atomic E-state index is 0.178. The Morgan fingerprint density at radius 1 is 1.50 bits per heavy atom. The molecule has 2 N–H and O–H groups in total. The van der Waals surface area contributed by atoms with Crippen LogP contribution in [0.15, 0.2) is 0 Å². The molecule has 16 heavy (non-hydrogen) atoms. The quantitative estimate of drug-likeness (QED) is 0.760. The average Bonchev–Trinajstić information content (AvgIpc) is 2.55. The van der Waals surface area contributed by atoms with Crippen molar-refractivity contribution >= 4 is 11.8 Å². The van der Waals surface area contributed by atoms with Gasteiger partial charge in [0.15, 0.2) is 5.69 Å². The summed E-state index contributed by atoms with van der Waals surface area (Å²) in [6.07, 6.45) is 0.983. The zero-order valence-corrected chi connectivity index (χ0v) is 9.87. The molecule has 1 aliphatic heterocycles. The first-order chi connectivity index (χ1) is 7.41. The number of carboxylic acids is 1. The second-order valence-electron chi connectivity index (χ2n) is 5.13. The van der Waals surface area contributed by atoms with Crippen LogP contribution < -0.4 is 5.32 Å². The first-order valence-electron chi connectivity index (χ1n) is 5.49. The van der Waals surface area contributed by atoms with Crippen molar-refractivity contribution in [2.45, 2.75) is 39.2 Å². The minimum Gasteiger partial charge on any atom is -0.476 e. The number of hydrogen-bond donors (Lipinski definition) is 2. The molecule has 1 aliphatic rings. The van der Waals surface area contributed by atoms with Gasteiger partial charge in [-0.2, -0.15) is 5.10 Å². The number of fused-ring (bicyclic) bond motifs is 1. The van der Waals surface area contributed by atoms with Gasteiger partial charge >= 0.3 is 5.97 Å². The highest BCUT2D eigenvalue weighted by molar-refractivity contribution is 5.89. The summed E-state index contributed by atoms with van der Waals surface area (Å²) in [4.78, 5) is 11.2. The largest absolute Gasteiger partial charge is 0.476 e. The molecule has 2 rings (SSSR count). The predicted octanol–water partition coefficient (Wildman–Crippen LogP) is 1.69. The van der Waals surface area contributed by atoms with Gasteiger partial charge in [-0.15, -0.1) is 0 Å². The maximum atomic E-state index is 11.2. The van der Waals surface area contributed by atoms with Crippen LogP contribution in [0.1, 0.15) is 43.2 Å². The molecule has 5 heteroatoms. The van der Waals surface area contributed by atoms with Crippen molar-refractivity contribution in [1.29, 1.82) is 0 Å². The molecule has 0 spiro atoms. The summed E-state index contributed by atoms with van der Waals surface area (Å²) in [5.74, 6) is -0.0789. The Bertz CT molecular complexity index is 429. The van der Waals surface area contributed by atoms with E-state index < -0.39 is 5.97 Å². The van der Waals surface area contributed by atoms with Gasteiger partial charge in [-0.1, -0.05) is 20.8 Å². The van der Waals surface area contributed by atoms with Gasteiger partial charge < -0.3 is 10.4 Å². The average molecular weight is 223 g/mol. The number of aromatic nitrogens is 2. The van der Waals surface area contributed by atoms with Crippen LogP contribution in [0, 0.1) is 0 Å². The molecule has 0 aromatic carbocycles. The second-order valence-corrected chi connectivity index (χ2v) is 5.13. The Hall–Kier alpha value is -1.52. The molecular weight excluding hydrogens is 206 g/mol. The van der Waals surface area contributed by atoms with Crippen molar-refractivity contribution in [3.05, 3.63) is 11.3 Å². The zero-order valence-electron chi connectivity index (χ0n) is 9.87. The van der Waals surface area contributed by atoms with Crippen LogP contribution >= 0.6 is 0 Å². The van der Waals surface area contributed by atoms with E-state index in [1.165, 1.54) is 0 Å². The summed E-state index contributed by atoms with van der Waals surface area (Å²) in [5, 5.41) is 16.6. The SMILES string of the molecule is CC(C)(C)c1c(C(=O)O)nn2c1NCCC2. The summed E-state index contributed by atoms with van der Waals surface area (Å²) in [5.41, 5.74) is 0.766. The summed E-state index contributed by atoms with van der Waals surface area (Å²) in [6, 6.07) is 0. The lowest BCUT2D eigenvalue weighted by molar-refractivity contribution is 0.0687. The van der Waals surface area contributed by atoms with E-state index in [1.807, 2.05) is 20.8 Å². The van der Waals surface area contributed by atoms with Crippen LogP contribution in [-0.4, -0.2) is 27.4 Å². The molecule has 0 amide bonds. The van der Waals surface area contributed by atoms with Crippen LogP contribution in [0.5, 0.6) is 0 Å². The predicted molar refractivity (Wildman–Crippen MR) is 61.0 cm³/mol. The number of aromatic carboxylic acids is 1. The fourth-order valence-corrected chi connectivity index (χ4v) is 2.10. The van der Waals surface area contributed by atoms with E-state index in [9.17, 15) is 9.90 Å². The summed E-state index contributed by atoms with van der Waals surface area (Å²) in [7, 11) is 0. The van der Waals surface area contributed by atoms with Crippen molar-refractivity contribution in [3.8, 4) is 0 Å². The van der Waals surface area contributed by atoms with Crippen LogP contribution in [0.25, 0.3) is 0 Å². The highest BCUT2D eigenvalue weighted by atomic mass is 16.4. The minimum atomic E-state index is -0.950. The van der Waals surface area contributed by atoms with Crippen molar-refractivity contribution < 1.29 is 9.90 Å². The van der Waals surface area contributed by atoms with E-state index in [0.29, 0.717) is 0 Å². The number of nitrogens with zero attached hydrogens (tertiary/aromatic N) is 2. The maximum Gasteiger partial charge on any atom is 0.356 e. The summed E-state index contributed by atoms with van der Waals surface area (Å²) >= 11 is 0. The van der Waals surface area contributed by atoms with Crippen LogP contribution in [0.3, 0.4) is 0 Å². The third-order valence-electron chi connectivity index (χ3n) is 2.74. The molecule has 0 unspecified atom stereocenters. The van der Waals surface area contributed by atoms with E-state index in [4.69, 9.17) is 0 Å². The van der Waals surface area contributed by atoms with E-state index in [-0.39, 0.29) is 11.1 Å². The second kappa shape index (κ2) is 3.50. The first kappa shape index (κ1) is 11.0. The number of aryl methyl sites for hydroxylation is 1. The van der Waals surface area contributed by atoms with Gasteiger partial charge in [0.25, 0.3) is 0 Å². The van der Waals surface area contributed by atoms with E-state index in [0.717, 1.165) is 30.9 Å². The van der Waals surface area contributed by atoms with Crippen LogP contribution in [0.2, 0.25) is 0 Å². The van der Waals surface area contributed by atoms with Crippen molar-refractivity contribution in [1.82, 2.24) is 9.78 Å². The molecule has 0 atom stereocenters. The van der Waals surface area contributed by atoms with Crippen molar-refractivity contribution in [2.24, 2.45) is 0 Å². The van der Waals surface area contributed by atoms with Gasteiger partial charge in [0.1, 0.15) is 5.82 Å². The third-order valence-corrected chi connectivity index (χ3v) is 2.74. The van der Waals surface area contributed by atoms with Gasteiger partial charge in [-0.25, -0.2) is 9.48 Å². The number of nitrogens with one attached hydrogen (secondary N) is 1. The number of hydrogen-bond acceptors (Lipinski definition) is 3. The van der Waals surface area contributed by atoms with Gasteiger partial charge in [-0.3, -0.25) is 0 Å². The molecule has 0 aliphatic carbocycles. The Balaban J connectivity index is 2.62. The van der Waals surface area contributed by atoms with E-state index in [2.05, 4.69) is 10.4 Å². The van der Waals surface area contributed by atoms with Gasteiger partial charge in [0.05, 0.1) is 0 Å². The highest BCUT2D eigenvalue weighted by Crippen LogP contribution is 2.34. The molecule has 5 nitrogen and oxygen atoms in total. The van der Waals surface area contributed by atoms with Gasteiger partial charge in [0.2, 0.25) is 0 Å². The number of rotatable bonds is 1. The molecule has 1 aromatic rings. The summed E-state index contributed by atoms with van der Waals surface area (Å²) in [6.45, 7) is 7.70. The Morgan fingerprint density at radius 3 is 2.75 bits per heavy atom. The molecule has 0 radical (unpaired) electrons. The molecule has 2 heterocycles. The monoisotopic (exact) mass is 223 g/mol. The van der Waals surface area contributed by atoms with Gasteiger partial charge in [-0.05, 0) is 11.8 Å². The summed E-state index contributed by atoms with van der Waals surface area (Å²) < 4.78 is 1.77. The van der Waals surface area contributed by atoms with Crippen LogP contribution in [-0.2, 0) is 12.0 Å². The number of carboxylic acid groups (broad SMARTS) is 1. The fourth-order valence-electron chi connectivity index (χ4n) is 2.10. The van der Waals surface area contributed by atoms with E-state index in [1.54, 1.807) is 4.68 Å². The molecule has 1 aromatic heterocycles. The van der Waals surface area contributed by atoms with Crippen molar-refractivity contribution in [2.75, 3.05) is 11.9 Å². The standard InChI is InChI=1S/C11H17N3O2/c1-11(2,3)7-8(10(15)16)13-14-6-4-5-12-9(7)14/h12H,4-6H2,1-3H3,(H,15,16). The number of carbonyl (C=O) groups is 1. The normalized spacial score (nSPS) is 15.4. The molecule has 0 fully saturated rings. The lowest BCUT2D eigenvalue weighted by Crippen LogP contribution is -2.21. The highest BCUT2D eigenvalue weighted by Gasteiger charge is 2.31. The maximum absolute atomic E-state index is 11.2. The Morgan fingerprint density at radius 2 is 2.19 bits per heavy atom. The first-order valence-corrected chi connectivity index (χ1v) is 5.49. The molecule has 0 saturated heterocycles. The number of anilines is 1. The van der Waals surface area contributed by atoms with Crippen LogP contribution in [0.4, 0.5) is 5.82 Å². The van der Waals surface area contributed by atoms with E-state index >= 15 is 0 Å². The van der Waals surface area contributed by atoms with Crippen molar-refractivity contribution in [3.63, 3.8) is 0 Å². The van der Waals surface area contributed by atoms with Gasteiger partial charge in [0, 0.05) is 18.7 Å². The molecular formula is C11H17N3O2. The topological polar surface area (TPSA) is 67.1 Å². The molecule has 88 valence electrons. The molecule has 0 bridgehead atoms. The Labute approximate surface area is 94.5 Å².